The third-order valence-electron chi connectivity index (χ3n) is 1.58. The lowest BCUT2D eigenvalue weighted by molar-refractivity contribution is 0.229. The lowest BCUT2D eigenvalue weighted by atomic mass is 10.7. The molecular formula is C8H15N2O3P. The van der Waals surface area contributed by atoms with Crippen LogP contribution in [0.2, 0.25) is 0 Å². The average Bonchev–Trinajstić information content (AvgIpc) is 2.53. The first-order valence-corrected chi connectivity index (χ1v) is 6.06. The minimum atomic E-state index is -3.18. The van der Waals surface area contributed by atoms with Crippen LogP contribution >= 0.6 is 7.60 Å². The Morgan fingerprint density at radius 1 is 1.43 bits per heavy atom. The summed E-state index contributed by atoms with van der Waals surface area (Å²) in [6, 6.07) is 1.64. The van der Waals surface area contributed by atoms with Gasteiger partial charge in [0.2, 0.25) is 0 Å². The van der Waals surface area contributed by atoms with Gasteiger partial charge < -0.3 is 9.05 Å². The molecule has 80 valence electrons. The molecular weight excluding hydrogens is 203 g/mol. The molecule has 1 aromatic rings. The monoisotopic (exact) mass is 218 g/mol. The Kier molecular flexibility index (Phi) is 3.86. The van der Waals surface area contributed by atoms with Crippen LogP contribution in [0.15, 0.2) is 12.3 Å². The molecule has 0 N–H and O–H groups in total. The SMILES string of the molecule is CCOP(=O)(OCC)c1ccn(C)n1. The Balaban J connectivity index is 2.93. The molecule has 1 heterocycles. The average molecular weight is 218 g/mol. The number of aryl methyl sites for hydroxylation is 1. The van der Waals surface area contributed by atoms with Gasteiger partial charge in [-0.1, -0.05) is 0 Å². The molecule has 0 aromatic carbocycles. The van der Waals surface area contributed by atoms with Crippen molar-refractivity contribution in [3.63, 3.8) is 0 Å². The summed E-state index contributed by atoms with van der Waals surface area (Å²) < 4.78 is 23.9. The van der Waals surface area contributed by atoms with E-state index in [0.29, 0.717) is 18.6 Å². The Labute approximate surface area is 83.6 Å². The Morgan fingerprint density at radius 3 is 2.36 bits per heavy atom. The maximum Gasteiger partial charge on any atom is 0.381 e. The van der Waals surface area contributed by atoms with E-state index < -0.39 is 7.60 Å². The van der Waals surface area contributed by atoms with Gasteiger partial charge in [0, 0.05) is 13.2 Å². The van der Waals surface area contributed by atoms with E-state index in [2.05, 4.69) is 5.10 Å². The van der Waals surface area contributed by atoms with Crippen LogP contribution in [0, 0.1) is 0 Å². The smallest absolute Gasteiger partial charge is 0.304 e. The quantitative estimate of drug-likeness (QED) is 0.699. The molecule has 0 bridgehead atoms. The highest BCUT2D eigenvalue weighted by Crippen LogP contribution is 2.45. The van der Waals surface area contributed by atoms with Crippen LogP contribution in [0.1, 0.15) is 13.8 Å². The first-order chi connectivity index (χ1) is 6.62. The number of hydrogen-bond donors (Lipinski definition) is 0. The van der Waals surface area contributed by atoms with Crippen LogP contribution in [0.4, 0.5) is 0 Å². The Bertz CT molecular complexity index is 327. The molecule has 0 spiro atoms. The van der Waals surface area contributed by atoms with Gasteiger partial charge >= 0.3 is 7.60 Å². The molecule has 6 heteroatoms. The summed E-state index contributed by atoms with van der Waals surface area (Å²) in [5, 5.41) is 4.02. The minimum Gasteiger partial charge on any atom is -0.304 e. The molecule has 5 nitrogen and oxygen atoms in total. The third-order valence-corrected chi connectivity index (χ3v) is 3.57. The van der Waals surface area contributed by atoms with Crippen LogP contribution in [0.5, 0.6) is 0 Å². The summed E-state index contributed by atoms with van der Waals surface area (Å²) in [5.74, 6) is 0. The van der Waals surface area contributed by atoms with E-state index in [1.165, 1.54) is 0 Å². The first-order valence-electron chi connectivity index (χ1n) is 4.51. The van der Waals surface area contributed by atoms with Crippen molar-refractivity contribution < 1.29 is 13.6 Å². The molecule has 0 amide bonds. The van der Waals surface area contributed by atoms with Gasteiger partial charge in [0.15, 0.2) is 5.44 Å². The second-order valence-corrected chi connectivity index (χ2v) is 4.65. The van der Waals surface area contributed by atoms with Gasteiger partial charge in [-0.15, -0.1) is 0 Å². The second kappa shape index (κ2) is 4.73. The van der Waals surface area contributed by atoms with Crippen molar-refractivity contribution in [3.8, 4) is 0 Å². The van der Waals surface area contributed by atoms with E-state index in [9.17, 15) is 4.57 Å². The first kappa shape index (κ1) is 11.4. The zero-order valence-corrected chi connectivity index (χ0v) is 9.53. The van der Waals surface area contributed by atoms with Crippen LogP contribution in [0.3, 0.4) is 0 Å². The maximum atomic E-state index is 12.1. The number of aromatic nitrogens is 2. The van der Waals surface area contributed by atoms with Gasteiger partial charge in [-0.3, -0.25) is 9.25 Å². The lowest BCUT2D eigenvalue weighted by Gasteiger charge is -2.13. The molecule has 0 aliphatic carbocycles. The predicted molar refractivity (Wildman–Crippen MR) is 53.7 cm³/mol. The van der Waals surface area contributed by atoms with Crippen LogP contribution in [-0.4, -0.2) is 23.0 Å². The summed E-state index contributed by atoms with van der Waals surface area (Å²) >= 11 is 0. The fourth-order valence-electron chi connectivity index (χ4n) is 1.06. The minimum absolute atomic E-state index is 0.341. The fourth-order valence-corrected chi connectivity index (χ4v) is 2.58. The van der Waals surface area contributed by atoms with E-state index >= 15 is 0 Å². The maximum absolute atomic E-state index is 12.1. The topological polar surface area (TPSA) is 53.4 Å². The van der Waals surface area contributed by atoms with Crippen molar-refractivity contribution in [2.24, 2.45) is 7.05 Å². The zero-order valence-electron chi connectivity index (χ0n) is 8.64. The van der Waals surface area contributed by atoms with Gasteiger partial charge in [-0.25, -0.2) is 0 Å². The zero-order chi connectivity index (χ0) is 10.6. The molecule has 0 aliphatic heterocycles. The van der Waals surface area contributed by atoms with Crippen LogP contribution in [0.25, 0.3) is 0 Å². The van der Waals surface area contributed by atoms with E-state index in [1.807, 2.05) is 0 Å². The molecule has 0 saturated heterocycles. The van der Waals surface area contributed by atoms with Crippen molar-refractivity contribution in [2.75, 3.05) is 13.2 Å². The molecule has 0 fully saturated rings. The van der Waals surface area contributed by atoms with Gasteiger partial charge in [-0.2, -0.15) is 5.10 Å². The van der Waals surface area contributed by atoms with E-state index in [1.54, 1.807) is 37.8 Å². The van der Waals surface area contributed by atoms with Crippen molar-refractivity contribution in [3.05, 3.63) is 12.3 Å². The van der Waals surface area contributed by atoms with Gasteiger partial charge in [0.05, 0.1) is 13.2 Å². The van der Waals surface area contributed by atoms with Crippen molar-refractivity contribution in [1.82, 2.24) is 9.78 Å². The molecule has 0 unspecified atom stereocenters. The molecule has 14 heavy (non-hydrogen) atoms. The number of hydrogen-bond acceptors (Lipinski definition) is 4. The summed E-state index contributed by atoms with van der Waals surface area (Å²) in [7, 11) is -1.43. The summed E-state index contributed by atoms with van der Waals surface area (Å²) in [6.07, 6.45) is 1.71. The molecule has 0 atom stereocenters. The van der Waals surface area contributed by atoms with E-state index in [-0.39, 0.29) is 0 Å². The Morgan fingerprint density at radius 2 is 2.00 bits per heavy atom. The predicted octanol–water partition coefficient (Wildman–Crippen LogP) is 1.31. The van der Waals surface area contributed by atoms with Crippen LogP contribution < -0.4 is 5.44 Å². The standard InChI is InChI=1S/C8H15N2O3P/c1-4-12-14(11,13-5-2)8-6-7-10(3)9-8/h6-7H,4-5H2,1-3H3. The lowest BCUT2D eigenvalue weighted by Crippen LogP contribution is -2.13. The van der Waals surface area contributed by atoms with Gasteiger partial charge in [0.25, 0.3) is 0 Å². The molecule has 0 radical (unpaired) electrons. The second-order valence-electron chi connectivity index (χ2n) is 2.68. The highest BCUT2D eigenvalue weighted by molar-refractivity contribution is 7.61. The highest BCUT2D eigenvalue weighted by atomic mass is 31.2. The summed E-state index contributed by atoms with van der Waals surface area (Å²) in [5.41, 5.74) is 0.365. The molecule has 1 rings (SSSR count). The van der Waals surface area contributed by atoms with Crippen molar-refractivity contribution in [2.45, 2.75) is 13.8 Å². The summed E-state index contributed by atoms with van der Waals surface area (Å²) in [6.45, 7) is 4.23. The van der Waals surface area contributed by atoms with Gasteiger partial charge in [0.1, 0.15) is 0 Å². The third kappa shape index (κ3) is 2.44. The normalized spacial score (nSPS) is 11.9. The molecule has 0 aliphatic rings. The van der Waals surface area contributed by atoms with Crippen LogP contribution in [-0.2, 0) is 20.7 Å². The van der Waals surface area contributed by atoms with Crippen molar-refractivity contribution in [1.29, 1.82) is 0 Å². The Hall–Kier alpha value is -0.640. The molecule has 0 saturated carbocycles. The highest BCUT2D eigenvalue weighted by Gasteiger charge is 2.29. The van der Waals surface area contributed by atoms with E-state index in [0.717, 1.165) is 0 Å². The number of nitrogens with zero attached hydrogens (tertiary/aromatic N) is 2. The van der Waals surface area contributed by atoms with Crippen molar-refractivity contribution >= 4 is 13.0 Å². The summed E-state index contributed by atoms with van der Waals surface area (Å²) in [4.78, 5) is 0. The van der Waals surface area contributed by atoms with Gasteiger partial charge in [-0.05, 0) is 19.9 Å². The fraction of sp³-hybridized carbons (Fsp3) is 0.625. The van der Waals surface area contributed by atoms with E-state index in [4.69, 9.17) is 9.05 Å². The largest absolute Gasteiger partial charge is 0.381 e. The molecule has 1 aromatic heterocycles. The number of rotatable bonds is 5.